The van der Waals surface area contributed by atoms with Gasteiger partial charge in [-0.1, -0.05) is 12.1 Å². The van der Waals surface area contributed by atoms with E-state index in [-0.39, 0.29) is 11.6 Å². The van der Waals surface area contributed by atoms with Crippen molar-refractivity contribution >= 4 is 24.2 Å². The van der Waals surface area contributed by atoms with Crippen LogP contribution in [0, 0.1) is 0 Å². The second-order valence-corrected chi connectivity index (χ2v) is 4.49. The molecular formula is C14H16N2O5. The van der Waals surface area contributed by atoms with Crippen LogP contribution in [0.3, 0.4) is 0 Å². The maximum absolute atomic E-state index is 11.6. The van der Waals surface area contributed by atoms with E-state index in [9.17, 15) is 19.2 Å². The predicted molar refractivity (Wildman–Crippen MR) is 73.9 cm³/mol. The fourth-order valence-corrected chi connectivity index (χ4v) is 1.37. The van der Waals surface area contributed by atoms with E-state index < -0.39 is 24.5 Å². The highest BCUT2D eigenvalue weighted by Crippen LogP contribution is 2.04. The molecule has 0 heterocycles. The van der Waals surface area contributed by atoms with E-state index in [1.165, 1.54) is 24.3 Å². The molecule has 21 heavy (non-hydrogen) atoms. The molecular weight excluding hydrogens is 276 g/mol. The minimum Gasteiger partial charge on any atom is -0.452 e. The highest BCUT2D eigenvalue weighted by molar-refractivity contribution is 5.97. The number of amides is 3. The number of nitrogens with one attached hydrogen (secondary N) is 2. The largest absolute Gasteiger partial charge is 0.452 e. The van der Waals surface area contributed by atoms with Gasteiger partial charge in [-0.25, -0.2) is 9.59 Å². The number of imide groups is 1. The van der Waals surface area contributed by atoms with Crippen molar-refractivity contribution in [2.75, 3.05) is 6.61 Å². The first kappa shape index (κ1) is 16.4. The van der Waals surface area contributed by atoms with Crippen LogP contribution in [-0.4, -0.2) is 36.8 Å². The Morgan fingerprint density at radius 3 is 2.33 bits per heavy atom. The Kier molecular flexibility index (Phi) is 6.06. The summed E-state index contributed by atoms with van der Waals surface area (Å²) in [5.74, 6) is -1.45. The minimum absolute atomic E-state index is 0.114. The average Bonchev–Trinajstić information content (AvgIpc) is 2.43. The Bertz CT molecular complexity index is 537. The van der Waals surface area contributed by atoms with Crippen LogP contribution in [0.15, 0.2) is 24.3 Å². The van der Waals surface area contributed by atoms with Crippen LogP contribution < -0.4 is 10.6 Å². The molecule has 0 fully saturated rings. The van der Waals surface area contributed by atoms with Crippen molar-refractivity contribution in [1.82, 2.24) is 10.6 Å². The lowest BCUT2D eigenvalue weighted by molar-refractivity contribution is -0.123. The molecule has 0 aliphatic rings. The Morgan fingerprint density at radius 1 is 1.19 bits per heavy atom. The van der Waals surface area contributed by atoms with Gasteiger partial charge in [0.05, 0.1) is 5.56 Å². The van der Waals surface area contributed by atoms with Crippen LogP contribution in [0.2, 0.25) is 0 Å². The van der Waals surface area contributed by atoms with Gasteiger partial charge >= 0.3 is 12.0 Å². The van der Waals surface area contributed by atoms with Crippen LogP contribution in [0.5, 0.6) is 0 Å². The normalized spacial score (nSPS) is 9.86. The van der Waals surface area contributed by atoms with E-state index >= 15 is 0 Å². The molecule has 3 amide bonds. The maximum atomic E-state index is 11.6. The van der Waals surface area contributed by atoms with Crippen molar-refractivity contribution in [2.45, 2.75) is 19.9 Å². The van der Waals surface area contributed by atoms with Gasteiger partial charge in [0.2, 0.25) is 0 Å². The zero-order chi connectivity index (χ0) is 15.8. The zero-order valence-electron chi connectivity index (χ0n) is 11.7. The fourth-order valence-electron chi connectivity index (χ4n) is 1.37. The molecule has 0 atom stereocenters. The molecule has 7 nitrogen and oxygen atoms in total. The van der Waals surface area contributed by atoms with Crippen molar-refractivity contribution < 1.29 is 23.9 Å². The lowest BCUT2D eigenvalue weighted by atomic mass is 10.1. The van der Waals surface area contributed by atoms with Crippen molar-refractivity contribution in [3.05, 3.63) is 35.4 Å². The van der Waals surface area contributed by atoms with Gasteiger partial charge in [0.25, 0.3) is 5.91 Å². The standard InChI is InChI=1S/C14H16N2O5/c1-9(2)15-14(20)16-12(18)8-21-13(19)11-5-3-10(7-17)4-6-11/h3-7,9H,8H2,1-2H3,(H2,15,16,18,20). The number of benzene rings is 1. The van der Waals surface area contributed by atoms with Crippen LogP contribution in [0.25, 0.3) is 0 Å². The van der Waals surface area contributed by atoms with Gasteiger partial charge in [0, 0.05) is 11.6 Å². The average molecular weight is 292 g/mol. The van der Waals surface area contributed by atoms with Gasteiger partial charge in [-0.3, -0.25) is 14.9 Å². The number of aldehydes is 1. The Balaban J connectivity index is 2.43. The first-order valence-electron chi connectivity index (χ1n) is 6.25. The number of hydrogen-bond donors (Lipinski definition) is 2. The van der Waals surface area contributed by atoms with Gasteiger partial charge in [0.15, 0.2) is 6.61 Å². The third-order valence-corrected chi connectivity index (χ3v) is 2.29. The highest BCUT2D eigenvalue weighted by atomic mass is 16.5. The number of urea groups is 1. The molecule has 1 rings (SSSR count). The molecule has 7 heteroatoms. The van der Waals surface area contributed by atoms with E-state index in [0.717, 1.165) is 0 Å². The summed E-state index contributed by atoms with van der Waals surface area (Å²) in [7, 11) is 0. The number of hydrogen-bond acceptors (Lipinski definition) is 5. The van der Waals surface area contributed by atoms with E-state index in [0.29, 0.717) is 11.8 Å². The number of rotatable bonds is 5. The molecule has 0 unspecified atom stereocenters. The molecule has 0 spiro atoms. The van der Waals surface area contributed by atoms with E-state index in [1.54, 1.807) is 13.8 Å². The van der Waals surface area contributed by atoms with Gasteiger partial charge in [-0.15, -0.1) is 0 Å². The van der Waals surface area contributed by atoms with Crippen LogP contribution in [-0.2, 0) is 9.53 Å². The van der Waals surface area contributed by atoms with Gasteiger partial charge in [-0.2, -0.15) is 0 Å². The first-order valence-corrected chi connectivity index (χ1v) is 6.25. The monoisotopic (exact) mass is 292 g/mol. The second-order valence-electron chi connectivity index (χ2n) is 4.49. The van der Waals surface area contributed by atoms with E-state index in [2.05, 4.69) is 5.32 Å². The molecule has 1 aromatic rings. The van der Waals surface area contributed by atoms with Gasteiger partial charge in [0.1, 0.15) is 6.29 Å². The zero-order valence-corrected chi connectivity index (χ0v) is 11.7. The molecule has 0 bridgehead atoms. The van der Waals surface area contributed by atoms with Crippen molar-refractivity contribution in [1.29, 1.82) is 0 Å². The molecule has 0 aliphatic heterocycles. The molecule has 0 aromatic heterocycles. The van der Waals surface area contributed by atoms with Crippen molar-refractivity contribution in [3.63, 3.8) is 0 Å². The van der Waals surface area contributed by atoms with Crippen LogP contribution >= 0.6 is 0 Å². The quantitative estimate of drug-likeness (QED) is 0.620. The summed E-state index contributed by atoms with van der Waals surface area (Å²) in [6.45, 7) is 2.92. The molecule has 1 aromatic carbocycles. The lowest BCUT2D eigenvalue weighted by Crippen LogP contribution is -2.44. The van der Waals surface area contributed by atoms with E-state index in [1.807, 2.05) is 5.32 Å². The predicted octanol–water partition coefficient (Wildman–Crippen LogP) is 0.890. The molecule has 0 radical (unpaired) electrons. The number of ether oxygens (including phenoxy) is 1. The van der Waals surface area contributed by atoms with E-state index in [4.69, 9.17) is 4.74 Å². The third kappa shape index (κ3) is 5.85. The summed E-state index contributed by atoms with van der Waals surface area (Å²) in [5, 5.41) is 4.49. The topological polar surface area (TPSA) is 102 Å². The smallest absolute Gasteiger partial charge is 0.338 e. The molecule has 112 valence electrons. The number of carbonyl (C=O) groups is 4. The SMILES string of the molecule is CC(C)NC(=O)NC(=O)COC(=O)c1ccc(C=O)cc1. The lowest BCUT2D eigenvalue weighted by Gasteiger charge is -2.09. The summed E-state index contributed by atoms with van der Waals surface area (Å²) >= 11 is 0. The summed E-state index contributed by atoms with van der Waals surface area (Å²) < 4.78 is 4.75. The minimum atomic E-state index is -0.731. The van der Waals surface area contributed by atoms with Crippen LogP contribution in [0.1, 0.15) is 34.6 Å². The highest BCUT2D eigenvalue weighted by Gasteiger charge is 2.12. The Labute approximate surface area is 121 Å². The third-order valence-electron chi connectivity index (χ3n) is 2.29. The number of carbonyl (C=O) groups excluding carboxylic acids is 4. The first-order chi connectivity index (χ1) is 9.92. The van der Waals surface area contributed by atoms with Crippen LogP contribution in [0.4, 0.5) is 4.79 Å². The molecule has 0 aliphatic carbocycles. The summed E-state index contributed by atoms with van der Waals surface area (Å²) in [4.78, 5) is 44.7. The molecule has 0 saturated carbocycles. The fraction of sp³-hybridized carbons (Fsp3) is 0.286. The van der Waals surface area contributed by atoms with Crippen molar-refractivity contribution in [3.8, 4) is 0 Å². The van der Waals surface area contributed by atoms with Crippen molar-refractivity contribution in [2.24, 2.45) is 0 Å². The van der Waals surface area contributed by atoms with Gasteiger partial charge < -0.3 is 10.1 Å². The summed E-state index contributed by atoms with van der Waals surface area (Å²) in [6.07, 6.45) is 0.649. The Hall–Kier alpha value is -2.70. The molecule has 0 saturated heterocycles. The number of esters is 1. The summed E-state index contributed by atoms with van der Waals surface area (Å²) in [5.41, 5.74) is 0.634. The van der Waals surface area contributed by atoms with Gasteiger partial charge in [-0.05, 0) is 26.0 Å². The second kappa shape index (κ2) is 7.78. The molecule has 2 N–H and O–H groups in total. The summed E-state index contributed by atoms with van der Waals surface area (Å²) in [6, 6.07) is 4.97. The Morgan fingerprint density at radius 2 is 1.81 bits per heavy atom. The maximum Gasteiger partial charge on any atom is 0.338 e.